The molecule has 1 aromatic heterocycles. The molecule has 116 valence electrons. The Morgan fingerprint density at radius 2 is 2.10 bits per heavy atom. The number of aromatic nitrogens is 1. The summed E-state index contributed by atoms with van der Waals surface area (Å²) in [7, 11) is 0. The van der Waals surface area contributed by atoms with Crippen LogP contribution in [0, 0.1) is 6.92 Å². The Hall–Kier alpha value is -1.43. The number of hydrogen-bond donors (Lipinski definition) is 1. The Labute approximate surface area is 129 Å². The number of rotatable bonds is 5. The van der Waals surface area contributed by atoms with E-state index >= 15 is 0 Å². The maximum atomic E-state index is 12.8. The van der Waals surface area contributed by atoms with Crippen LogP contribution >= 0.6 is 11.3 Å². The Balaban J connectivity index is 2.10. The fraction of sp³-hybridized carbons (Fsp3) is 0.667. The molecule has 1 aliphatic heterocycles. The first-order valence-corrected chi connectivity index (χ1v) is 8.40. The van der Waals surface area contributed by atoms with Crippen molar-refractivity contribution in [2.75, 3.05) is 13.1 Å². The molecule has 0 radical (unpaired) electrons. The van der Waals surface area contributed by atoms with Gasteiger partial charge in [-0.3, -0.25) is 9.59 Å². The number of nitrogens with zero attached hydrogens (tertiary/aromatic N) is 2. The highest BCUT2D eigenvalue weighted by atomic mass is 32.1. The van der Waals surface area contributed by atoms with Gasteiger partial charge in [-0.05, 0) is 19.8 Å². The maximum absolute atomic E-state index is 12.8. The molecule has 21 heavy (non-hydrogen) atoms. The van der Waals surface area contributed by atoms with Crippen LogP contribution < -0.4 is 5.32 Å². The molecule has 0 saturated carbocycles. The van der Waals surface area contributed by atoms with E-state index < -0.39 is 5.54 Å². The second-order valence-corrected chi connectivity index (χ2v) is 6.55. The highest BCUT2D eigenvalue weighted by Crippen LogP contribution is 2.22. The molecule has 1 aliphatic rings. The third-order valence-electron chi connectivity index (χ3n) is 4.20. The predicted molar refractivity (Wildman–Crippen MR) is 83.2 cm³/mol. The van der Waals surface area contributed by atoms with Gasteiger partial charge in [0.2, 0.25) is 11.8 Å². The van der Waals surface area contributed by atoms with Crippen LogP contribution in [0.25, 0.3) is 0 Å². The summed E-state index contributed by atoms with van der Waals surface area (Å²) >= 11 is 1.62. The maximum Gasteiger partial charge on any atom is 0.248 e. The summed E-state index contributed by atoms with van der Waals surface area (Å²) in [6.07, 6.45) is 2.37. The third-order valence-corrected chi connectivity index (χ3v) is 5.02. The Morgan fingerprint density at radius 1 is 1.38 bits per heavy atom. The van der Waals surface area contributed by atoms with E-state index in [4.69, 9.17) is 0 Å². The number of aryl methyl sites for hydroxylation is 1. The number of carbonyl (C=O) groups excluding carboxylic acids is 2. The minimum Gasteiger partial charge on any atom is -0.342 e. The lowest BCUT2D eigenvalue weighted by Gasteiger charge is -2.33. The molecule has 0 aliphatic carbocycles. The zero-order valence-corrected chi connectivity index (χ0v) is 13.8. The molecule has 1 N–H and O–H groups in total. The summed E-state index contributed by atoms with van der Waals surface area (Å²) in [5.41, 5.74) is 0.290. The van der Waals surface area contributed by atoms with E-state index in [0.29, 0.717) is 32.4 Å². The molecule has 2 rings (SSSR count). The average Bonchev–Trinajstić information content (AvgIpc) is 2.84. The molecule has 0 aromatic carbocycles. The SMILES string of the molecule is CCC1(CC)NC(=O)CCN(CCc2csc(C)n2)C1=O. The third kappa shape index (κ3) is 3.43. The van der Waals surface area contributed by atoms with Crippen molar-refractivity contribution in [3.05, 3.63) is 16.1 Å². The molecule has 2 amide bonds. The predicted octanol–water partition coefficient (Wildman–Crippen LogP) is 1.90. The summed E-state index contributed by atoms with van der Waals surface area (Å²) in [5.74, 6) is 0.0179. The van der Waals surface area contributed by atoms with Crippen LogP contribution in [-0.4, -0.2) is 40.3 Å². The summed E-state index contributed by atoms with van der Waals surface area (Å²) in [6, 6.07) is 0. The highest BCUT2D eigenvalue weighted by molar-refractivity contribution is 7.09. The lowest BCUT2D eigenvalue weighted by molar-refractivity contribution is -0.139. The minimum atomic E-state index is -0.731. The quantitative estimate of drug-likeness (QED) is 0.903. The van der Waals surface area contributed by atoms with Crippen LogP contribution in [0.1, 0.15) is 43.8 Å². The second kappa shape index (κ2) is 6.56. The molecule has 5 nitrogen and oxygen atoms in total. The van der Waals surface area contributed by atoms with E-state index in [1.807, 2.05) is 31.1 Å². The van der Waals surface area contributed by atoms with Crippen molar-refractivity contribution in [3.63, 3.8) is 0 Å². The van der Waals surface area contributed by atoms with Crippen LogP contribution in [0.3, 0.4) is 0 Å². The number of nitrogens with one attached hydrogen (secondary N) is 1. The van der Waals surface area contributed by atoms with Gasteiger partial charge in [0.25, 0.3) is 0 Å². The number of thiazole rings is 1. The van der Waals surface area contributed by atoms with Crippen molar-refractivity contribution in [1.82, 2.24) is 15.2 Å². The second-order valence-electron chi connectivity index (χ2n) is 5.49. The van der Waals surface area contributed by atoms with E-state index in [-0.39, 0.29) is 11.8 Å². The molecule has 1 fully saturated rings. The van der Waals surface area contributed by atoms with Crippen molar-refractivity contribution < 1.29 is 9.59 Å². The van der Waals surface area contributed by atoms with Crippen molar-refractivity contribution >= 4 is 23.2 Å². The van der Waals surface area contributed by atoms with Crippen LogP contribution in [0.2, 0.25) is 0 Å². The Bertz CT molecular complexity index is 523. The van der Waals surface area contributed by atoms with Gasteiger partial charge >= 0.3 is 0 Å². The largest absolute Gasteiger partial charge is 0.342 e. The highest BCUT2D eigenvalue weighted by Gasteiger charge is 2.41. The lowest BCUT2D eigenvalue weighted by atomic mass is 9.91. The van der Waals surface area contributed by atoms with Gasteiger partial charge in [-0.25, -0.2) is 4.98 Å². The summed E-state index contributed by atoms with van der Waals surface area (Å²) < 4.78 is 0. The molecule has 1 saturated heterocycles. The number of hydrogen-bond acceptors (Lipinski definition) is 4. The number of carbonyl (C=O) groups is 2. The van der Waals surface area contributed by atoms with Gasteiger partial charge in [-0.1, -0.05) is 13.8 Å². The van der Waals surface area contributed by atoms with Crippen LogP contribution in [0.4, 0.5) is 0 Å². The van der Waals surface area contributed by atoms with Crippen molar-refractivity contribution in [1.29, 1.82) is 0 Å². The molecule has 0 bridgehead atoms. The van der Waals surface area contributed by atoms with Gasteiger partial charge in [0.15, 0.2) is 0 Å². The normalized spacial score (nSPS) is 18.5. The smallest absolute Gasteiger partial charge is 0.248 e. The van der Waals surface area contributed by atoms with E-state index in [1.165, 1.54) is 0 Å². The van der Waals surface area contributed by atoms with Gasteiger partial charge in [-0.15, -0.1) is 11.3 Å². The van der Waals surface area contributed by atoms with Gasteiger partial charge in [-0.2, -0.15) is 0 Å². The monoisotopic (exact) mass is 309 g/mol. The molecule has 2 heterocycles. The van der Waals surface area contributed by atoms with Crippen LogP contribution in [0.15, 0.2) is 5.38 Å². The zero-order valence-electron chi connectivity index (χ0n) is 12.9. The van der Waals surface area contributed by atoms with Crippen LogP contribution in [0.5, 0.6) is 0 Å². The topological polar surface area (TPSA) is 62.3 Å². The molecular formula is C15H23N3O2S. The summed E-state index contributed by atoms with van der Waals surface area (Å²) in [6.45, 7) is 7.01. The average molecular weight is 309 g/mol. The molecule has 0 atom stereocenters. The molecule has 0 spiro atoms. The van der Waals surface area contributed by atoms with Gasteiger partial charge in [0.05, 0.1) is 10.7 Å². The molecule has 0 unspecified atom stereocenters. The fourth-order valence-corrected chi connectivity index (χ4v) is 3.39. The standard InChI is InChI=1S/C15H23N3O2S/c1-4-15(5-2)14(20)18(9-7-13(19)17-15)8-6-12-10-21-11(3)16-12/h10H,4-9H2,1-3H3,(H,17,19). The zero-order chi connectivity index (χ0) is 15.5. The number of amides is 2. The van der Waals surface area contributed by atoms with E-state index in [1.54, 1.807) is 11.3 Å². The van der Waals surface area contributed by atoms with Crippen molar-refractivity contribution in [3.8, 4) is 0 Å². The summed E-state index contributed by atoms with van der Waals surface area (Å²) in [4.78, 5) is 30.9. The fourth-order valence-electron chi connectivity index (χ4n) is 2.74. The minimum absolute atomic E-state index is 0.0287. The molecule has 6 heteroatoms. The van der Waals surface area contributed by atoms with Gasteiger partial charge < -0.3 is 10.2 Å². The van der Waals surface area contributed by atoms with Gasteiger partial charge in [0.1, 0.15) is 5.54 Å². The van der Waals surface area contributed by atoms with Crippen molar-refractivity contribution in [2.24, 2.45) is 0 Å². The molecule has 1 aromatic rings. The molecular weight excluding hydrogens is 286 g/mol. The Kier molecular flexibility index (Phi) is 4.98. The van der Waals surface area contributed by atoms with E-state index in [0.717, 1.165) is 17.1 Å². The first-order valence-electron chi connectivity index (χ1n) is 7.52. The summed E-state index contributed by atoms with van der Waals surface area (Å²) in [5, 5.41) is 6.01. The first kappa shape index (κ1) is 15.9. The van der Waals surface area contributed by atoms with Crippen LogP contribution in [-0.2, 0) is 16.0 Å². The van der Waals surface area contributed by atoms with Crippen molar-refractivity contribution in [2.45, 2.75) is 52.0 Å². The first-order chi connectivity index (χ1) is 10.0. The van der Waals surface area contributed by atoms with E-state index in [9.17, 15) is 9.59 Å². The van der Waals surface area contributed by atoms with E-state index in [2.05, 4.69) is 10.3 Å². The Morgan fingerprint density at radius 3 is 2.67 bits per heavy atom. The van der Waals surface area contributed by atoms with Gasteiger partial charge in [0, 0.05) is 31.3 Å². The lowest BCUT2D eigenvalue weighted by Crippen LogP contribution is -2.56.